The van der Waals surface area contributed by atoms with Crippen LogP contribution in [0.15, 0.2) is 42.9 Å². The normalized spacial score (nSPS) is 24.7. The van der Waals surface area contributed by atoms with Crippen molar-refractivity contribution in [3.8, 4) is 0 Å². The van der Waals surface area contributed by atoms with Crippen LogP contribution in [0.3, 0.4) is 0 Å². The maximum Gasteiger partial charge on any atom is 0.201 e. The number of nitrogens with zero attached hydrogens (tertiary/aromatic N) is 4. The summed E-state index contributed by atoms with van der Waals surface area (Å²) in [5.74, 6) is -0.151. The van der Waals surface area contributed by atoms with Gasteiger partial charge in [-0.05, 0) is 50.5 Å². The van der Waals surface area contributed by atoms with E-state index in [1.54, 1.807) is 18.5 Å². The monoisotopic (exact) mass is 426 g/mol. The Kier molecular flexibility index (Phi) is 6.46. The molecule has 2 saturated heterocycles. The zero-order chi connectivity index (χ0) is 21.9. The summed E-state index contributed by atoms with van der Waals surface area (Å²) in [6.45, 7) is 8.79. The average molecular weight is 427 g/mol. The first kappa shape index (κ1) is 22.0. The Labute approximate surface area is 183 Å². The summed E-state index contributed by atoms with van der Waals surface area (Å²) in [4.78, 5) is 26.6. The Hall–Kier alpha value is -2.22. The van der Waals surface area contributed by atoms with Crippen molar-refractivity contribution in [3.05, 3.63) is 59.9 Å². The highest BCUT2D eigenvalue weighted by atomic mass is 19.1. The van der Waals surface area contributed by atoms with Crippen molar-refractivity contribution in [1.82, 2.24) is 19.8 Å². The predicted octanol–water partition coefficient (Wildman–Crippen LogP) is 2.99. The Morgan fingerprint density at radius 1 is 1.16 bits per heavy atom. The first-order valence-corrected chi connectivity index (χ1v) is 11.1. The molecule has 4 heterocycles. The van der Waals surface area contributed by atoms with Crippen molar-refractivity contribution in [2.24, 2.45) is 0 Å². The van der Waals surface area contributed by atoms with E-state index in [2.05, 4.69) is 33.6 Å². The van der Waals surface area contributed by atoms with Crippen LogP contribution >= 0.6 is 0 Å². The van der Waals surface area contributed by atoms with Crippen molar-refractivity contribution in [3.63, 3.8) is 0 Å². The Balaban J connectivity index is 1.46. The molecule has 0 bridgehead atoms. The van der Waals surface area contributed by atoms with Gasteiger partial charge in [0.25, 0.3) is 0 Å². The molecule has 0 aliphatic carbocycles. The third kappa shape index (κ3) is 4.84. The summed E-state index contributed by atoms with van der Waals surface area (Å²) < 4.78 is 19.8. The van der Waals surface area contributed by atoms with Crippen LogP contribution in [0, 0.1) is 5.82 Å². The molecule has 0 spiro atoms. The molecule has 0 N–H and O–H groups in total. The Bertz CT molecular complexity index is 899. The fourth-order valence-corrected chi connectivity index (χ4v) is 4.97. The van der Waals surface area contributed by atoms with Crippen molar-refractivity contribution >= 4 is 5.78 Å². The SMILES string of the molecule is CC1(C)CC(C(=O)c2ccccn2)(N2CCN(CCc3ccncc3F)CC2)CCO1. The minimum Gasteiger partial charge on any atom is -0.375 e. The third-order valence-corrected chi connectivity index (χ3v) is 6.58. The van der Waals surface area contributed by atoms with Crippen LogP contribution in [-0.4, -0.2) is 76.0 Å². The molecule has 1 unspecified atom stereocenters. The third-order valence-electron chi connectivity index (χ3n) is 6.58. The number of carbonyl (C=O) groups excluding carboxylic acids is 1. The summed E-state index contributed by atoms with van der Waals surface area (Å²) in [5, 5.41) is 0. The number of rotatable bonds is 6. The van der Waals surface area contributed by atoms with Gasteiger partial charge < -0.3 is 9.64 Å². The second-order valence-corrected chi connectivity index (χ2v) is 9.16. The van der Waals surface area contributed by atoms with E-state index >= 15 is 0 Å². The molecule has 166 valence electrons. The zero-order valence-corrected chi connectivity index (χ0v) is 18.4. The van der Waals surface area contributed by atoms with Gasteiger partial charge >= 0.3 is 0 Å². The van der Waals surface area contributed by atoms with E-state index in [4.69, 9.17) is 4.74 Å². The number of ketones is 1. The number of halogens is 1. The number of hydrogen-bond acceptors (Lipinski definition) is 6. The lowest BCUT2D eigenvalue weighted by Gasteiger charge is -2.52. The molecule has 0 radical (unpaired) electrons. The molecule has 2 aromatic rings. The van der Waals surface area contributed by atoms with Gasteiger partial charge in [0.15, 0.2) is 0 Å². The minimum atomic E-state index is -0.598. The van der Waals surface area contributed by atoms with Crippen LogP contribution in [-0.2, 0) is 11.2 Å². The molecular weight excluding hydrogens is 395 g/mol. The molecule has 2 aliphatic heterocycles. The van der Waals surface area contributed by atoms with Crippen LogP contribution in [0.5, 0.6) is 0 Å². The molecule has 0 amide bonds. The van der Waals surface area contributed by atoms with Crippen LogP contribution < -0.4 is 0 Å². The molecule has 6 nitrogen and oxygen atoms in total. The standard InChI is InChI=1S/C24H31FN4O2/c1-23(2)18-24(8-16-31-23,22(30)21-5-3-4-9-27-21)29-14-12-28(13-15-29)11-7-19-6-10-26-17-20(19)25/h3-6,9-10,17H,7-8,11-16,18H2,1-2H3. The molecule has 0 aromatic carbocycles. The molecule has 31 heavy (non-hydrogen) atoms. The van der Waals surface area contributed by atoms with Crippen molar-refractivity contribution in [1.29, 1.82) is 0 Å². The van der Waals surface area contributed by atoms with Crippen molar-refractivity contribution in [2.45, 2.75) is 44.2 Å². The fourth-order valence-electron chi connectivity index (χ4n) is 4.97. The maximum absolute atomic E-state index is 13.9. The van der Waals surface area contributed by atoms with E-state index < -0.39 is 5.54 Å². The number of piperazine rings is 1. The van der Waals surface area contributed by atoms with Gasteiger partial charge in [-0.15, -0.1) is 0 Å². The molecule has 2 fully saturated rings. The highest BCUT2D eigenvalue weighted by Crippen LogP contribution is 2.39. The fraction of sp³-hybridized carbons (Fsp3) is 0.542. The first-order chi connectivity index (χ1) is 14.9. The van der Waals surface area contributed by atoms with E-state index in [-0.39, 0.29) is 17.2 Å². The summed E-state index contributed by atoms with van der Waals surface area (Å²) in [6, 6.07) is 7.26. The number of aromatic nitrogens is 2. The van der Waals surface area contributed by atoms with Crippen molar-refractivity contribution in [2.75, 3.05) is 39.3 Å². The number of ether oxygens (including phenoxy) is 1. The Morgan fingerprint density at radius 3 is 2.65 bits per heavy atom. The molecular formula is C24H31FN4O2. The van der Waals surface area contributed by atoms with Gasteiger partial charge in [0.2, 0.25) is 5.78 Å². The number of pyridine rings is 2. The smallest absolute Gasteiger partial charge is 0.201 e. The minimum absolute atomic E-state index is 0.0942. The molecule has 0 saturated carbocycles. The van der Waals surface area contributed by atoms with Gasteiger partial charge in [0.05, 0.1) is 17.3 Å². The predicted molar refractivity (Wildman–Crippen MR) is 116 cm³/mol. The van der Waals surface area contributed by atoms with Crippen LogP contribution in [0.4, 0.5) is 4.39 Å². The number of hydrogen-bond donors (Lipinski definition) is 0. The van der Waals surface area contributed by atoms with E-state index in [1.165, 1.54) is 6.20 Å². The molecule has 7 heteroatoms. The van der Waals surface area contributed by atoms with Crippen LogP contribution in [0.25, 0.3) is 0 Å². The second-order valence-electron chi connectivity index (χ2n) is 9.16. The lowest BCUT2D eigenvalue weighted by atomic mass is 9.75. The van der Waals surface area contributed by atoms with Gasteiger partial charge in [-0.3, -0.25) is 19.7 Å². The summed E-state index contributed by atoms with van der Waals surface area (Å²) in [6.07, 6.45) is 6.57. The molecule has 4 rings (SSSR count). The highest BCUT2D eigenvalue weighted by Gasteiger charge is 2.51. The first-order valence-electron chi connectivity index (χ1n) is 11.1. The average Bonchev–Trinajstić information content (AvgIpc) is 2.78. The summed E-state index contributed by atoms with van der Waals surface area (Å²) in [5.41, 5.74) is 0.263. The van der Waals surface area contributed by atoms with Gasteiger partial charge in [-0.25, -0.2) is 4.39 Å². The van der Waals surface area contributed by atoms with Gasteiger partial charge in [0, 0.05) is 58.1 Å². The summed E-state index contributed by atoms with van der Waals surface area (Å²) in [7, 11) is 0. The molecule has 1 atom stereocenters. The highest BCUT2D eigenvalue weighted by molar-refractivity contribution is 6.02. The van der Waals surface area contributed by atoms with Crippen LogP contribution in [0.1, 0.15) is 42.7 Å². The summed E-state index contributed by atoms with van der Waals surface area (Å²) >= 11 is 0. The van der Waals surface area contributed by atoms with Crippen LogP contribution in [0.2, 0.25) is 0 Å². The lowest BCUT2D eigenvalue weighted by Crippen LogP contribution is -2.65. The van der Waals surface area contributed by atoms with Gasteiger partial charge in [0.1, 0.15) is 11.5 Å². The topological polar surface area (TPSA) is 58.6 Å². The number of Topliss-reactive ketones (excluding diaryl/α,β-unsaturated/α-hetero) is 1. The largest absolute Gasteiger partial charge is 0.375 e. The quantitative estimate of drug-likeness (QED) is 0.662. The number of carbonyl (C=O) groups is 1. The van der Waals surface area contributed by atoms with Gasteiger partial charge in [-0.2, -0.15) is 0 Å². The Morgan fingerprint density at radius 2 is 1.97 bits per heavy atom. The van der Waals surface area contributed by atoms with E-state index in [0.29, 0.717) is 37.1 Å². The van der Waals surface area contributed by atoms with E-state index in [9.17, 15) is 9.18 Å². The zero-order valence-electron chi connectivity index (χ0n) is 18.4. The van der Waals surface area contributed by atoms with E-state index in [0.717, 1.165) is 32.7 Å². The molecule has 2 aromatic heterocycles. The van der Waals surface area contributed by atoms with Crippen molar-refractivity contribution < 1.29 is 13.9 Å². The van der Waals surface area contributed by atoms with Gasteiger partial charge in [-0.1, -0.05) is 6.07 Å². The van der Waals surface area contributed by atoms with E-state index in [1.807, 2.05) is 18.2 Å². The maximum atomic E-state index is 13.9. The molecule has 2 aliphatic rings. The second kappa shape index (κ2) is 9.10. The lowest BCUT2D eigenvalue weighted by molar-refractivity contribution is -0.113.